The molecule has 474 valence electrons. The summed E-state index contributed by atoms with van der Waals surface area (Å²) in [5.74, 6) is -2.26. The molecule has 0 saturated heterocycles. The molecule has 0 bridgehead atoms. The average molecular weight is 1130 g/mol. The second kappa shape index (κ2) is 63.1. The minimum atomic E-state index is -1.62. The molecule has 0 aromatic heterocycles. The second-order valence-electron chi connectivity index (χ2n) is 25.5. The molecule has 2 unspecified atom stereocenters. The lowest BCUT2D eigenvalue weighted by Crippen LogP contribution is -2.44. The molecule has 0 rings (SSSR count). The van der Waals surface area contributed by atoms with Crippen LogP contribution in [0, 0.1) is 0 Å². The van der Waals surface area contributed by atoms with Gasteiger partial charge in [-0.2, -0.15) is 0 Å². The average Bonchev–Trinajstić information content (AvgIpc) is 3.43. The Kier molecular flexibility index (Phi) is 61.5. The molecular weight excluding hydrogens is 995 g/mol. The molecule has 0 amide bonds. The van der Waals surface area contributed by atoms with Crippen LogP contribution in [0.15, 0.2) is 12.2 Å². The second-order valence-corrected chi connectivity index (χ2v) is 25.5. The summed E-state index contributed by atoms with van der Waals surface area (Å²) in [5.41, 5.74) is 0. The molecule has 0 aliphatic rings. The van der Waals surface area contributed by atoms with Crippen molar-refractivity contribution in [2.75, 3.05) is 47.5 Å². The zero-order valence-corrected chi connectivity index (χ0v) is 54.2. The van der Waals surface area contributed by atoms with Gasteiger partial charge in [-0.05, 0) is 38.5 Å². The number of likely N-dealkylation sites (N-methyl/N-ethyl adjacent to an activating group) is 1. The number of carbonyl (C=O) groups excluding carboxylic acids is 3. The van der Waals surface area contributed by atoms with Gasteiger partial charge < -0.3 is 33.3 Å². The zero-order valence-electron chi connectivity index (χ0n) is 54.2. The lowest BCUT2D eigenvalue weighted by atomic mass is 10.0. The highest BCUT2D eigenvalue weighted by Gasteiger charge is 2.22. The van der Waals surface area contributed by atoms with Crippen molar-refractivity contribution in [3.8, 4) is 0 Å². The molecule has 0 aromatic rings. The zero-order chi connectivity index (χ0) is 58.3. The van der Waals surface area contributed by atoms with Crippen molar-refractivity contribution in [3.05, 3.63) is 12.2 Å². The summed E-state index contributed by atoms with van der Waals surface area (Å²) >= 11 is 0. The monoisotopic (exact) mass is 1130 g/mol. The summed E-state index contributed by atoms with van der Waals surface area (Å²) in [4.78, 5) is 37.4. The molecule has 0 N–H and O–H groups in total. The van der Waals surface area contributed by atoms with Gasteiger partial charge in [0.1, 0.15) is 13.2 Å². The summed E-state index contributed by atoms with van der Waals surface area (Å²) < 4.78 is 22.8. The standard InChI is InChI=1S/C71H137NO8/c1-6-8-10-12-14-16-18-20-22-24-26-27-28-29-30-31-32-33-34-35-36-37-38-39-40-41-42-43-44-46-47-49-51-53-55-57-59-61-68(73)78-65-67(66-79-71(70(75)76)77-64-63-72(3,4)5)80-69(74)62-60-58-56-54-52-50-48-45-25-23-21-19-17-15-13-11-9-7-2/h23,25,67,71H,6-22,24,26-66H2,1-5H3/b25-23-. The Labute approximate surface area is 497 Å². The van der Waals surface area contributed by atoms with E-state index in [-0.39, 0.29) is 32.2 Å². The largest absolute Gasteiger partial charge is 0.545 e. The maximum Gasteiger partial charge on any atom is 0.306 e. The van der Waals surface area contributed by atoms with E-state index < -0.39 is 24.3 Å². The van der Waals surface area contributed by atoms with Gasteiger partial charge in [-0.15, -0.1) is 0 Å². The van der Waals surface area contributed by atoms with Crippen molar-refractivity contribution in [2.45, 2.75) is 379 Å². The smallest absolute Gasteiger partial charge is 0.306 e. The molecule has 80 heavy (non-hydrogen) atoms. The van der Waals surface area contributed by atoms with Crippen LogP contribution in [0.25, 0.3) is 0 Å². The summed E-state index contributed by atoms with van der Waals surface area (Å²) in [6, 6.07) is 0. The molecule has 0 aromatic carbocycles. The highest BCUT2D eigenvalue weighted by molar-refractivity contribution is 5.70. The minimum absolute atomic E-state index is 0.151. The Morgan fingerprint density at radius 2 is 0.637 bits per heavy atom. The predicted octanol–water partition coefficient (Wildman–Crippen LogP) is 20.3. The number of allylic oxidation sites excluding steroid dienone is 2. The number of hydrogen-bond acceptors (Lipinski definition) is 8. The molecule has 2 atom stereocenters. The lowest BCUT2D eigenvalue weighted by molar-refractivity contribution is -0.870. The van der Waals surface area contributed by atoms with Crippen molar-refractivity contribution >= 4 is 17.9 Å². The van der Waals surface area contributed by atoms with Gasteiger partial charge in [-0.1, -0.05) is 328 Å². The van der Waals surface area contributed by atoms with Gasteiger partial charge in [0.25, 0.3) is 0 Å². The van der Waals surface area contributed by atoms with Gasteiger partial charge >= 0.3 is 11.9 Å². The first-order chi connectivity index (χ1) is 39.1. The number of unbranched alkanes of at least 4 members (excludes halogenated alkanes) is 50. The van der Waals surface area contributed by atoms with E-state index >= 15 is 0 Å². The van der Waals surface area contributed by atoms with Gasteiger partial charge in [0.05, 0.1) is 40.3 Å². The van der Waals surface area contributed by atoms with E-state index in [9.17, 15) is 19.5 Å². The number of carbonyl (C=O) groups is 3. The van der Waals surface area contributed by atoms with Crippen molar-refractivity contribution in [3.63, 3.8) is 0 Å². The SMILES string of the molecule is CCCCCCCCC/C=C\CCCCCCCCCC(=O)OC(COC(=O)CCCCCCCCCCCCCCCCCCCCCCCCCCCCCCCCCCCCCCC)COC(OCC[N+](C)(C)C)C(=O)[O-]. The number of quaternary nitrogens is 1. The number of carboxylic acid groups (broad SMARTS) is 1. The quantitative estimate of drug-likeness (QED) is 0.0195. The Balaban J connectivity index is 3.94. The van der Waals surface area contributed by atoms with Gasteiger partial charge in [0.2, 0.25) is 0 Å². The number of ether oxygens (including phenoxy) is 4. The molecule has 0 aliphatic heterocycles. The number of aliphatic carboxylic acids is 1. The first-order valence-corrected chi connectivity index (χ1v) is 35.3. The van der Waals surface area contributed by atoms with Crippen LogP contribution in [-0.2, 0) is 33.3 Å². The third kappa shape index (κ3) is 63.6. The van der Waals surface area contributed by atoms with E-state index in [0.717, 1.165) is 44.9 Å². The van der Waals surface area contributed by atoms with Crippen LogP contribution < -0.4 is 5.11 Å². The van der Waals surface area contributed by atoms with Gasteiger partial charge in [-0.25, -0.2) is 0 Å². The Morgan fingerprint density at radius 3 is 0.925 bits per heavy atom. The molecule has 9 nitrogen and oxygen atoms in total. The number of hydrogen-bond donors (Lipinski definition) is 0. The van der Waals surface area contributed by atoms with Crippen molar-refractivity contribution in [2.24, 2.45) is 0 Å². The van der Waals surface area contributed by atoms with Crippen LogP contribution in [0.3, 0.4) is 0 Å². The van der Waals surface area contributed by atoms with E-state index in [1.165, 1.54) is 289 Å². The molecule has 0 radical (unpaired) electrons. The van der Waals surface area contributed by atoms with Crippen LogP contribution in [-0.4, -0.2) is 82.3 Å². The van der Waals surface area contributed by atoms with Gasteiger partial charge in [0, 0.05) is 12.8 Å². The van der Waals surface area contributed by atoms with Crippen LogP contribution in [0.4, 0.5) is 0 Å². The number of rotatable bonds is 67. The molecule has 0 fully saturated rings. The maximum absolute atomic E-state index is 12.9. The molecule has 0 heterocycles. The van der Waals surface area contributed by atoms with Crippen LogP contribution in [0.1, 0.15) is 367 Å². The van der Waals surface area contributed by atoms with Gasteiger partial charge in [0.15, 0.2) is 12.4 Å². The Morgan fingerprint density at radius 1 is 0.362 bits per heavy atom. The topological polar surface area (TPSA) is 111 Å². The van der Waals surface area contributed by atoms with Crippen molar-refractivity contribution in [1.82, 2.24) is 0 Å². The number of carboxylic acids is 1. The minimum Gasteiger partial charge on any atom is -0.545 e. The van der Waals surface area contributed by atoms with Crippen molar-refractivity contribution < 1.29 is 42.9 Å². The number of nitrogens with zero attached hydrogens (tertiary/aromatic N) is 1. The van der Waals surface area contributed by atoms with E-state index in [0.29, 0.717) is 23.9 Å². The van der Waals surface area contributed by atoms with Gasteiger partial charge in [-0.3, -0.25) is 9.59 Å². The normalized spacial score (nSPS) is 12.7. The third-order valence-electron chi connectivity index (χ3n) is 16.3. The highest BCUT2D eigenvalue weighted by Crippen LogP contribution is 2.19. The summed E-state index contributed by atoms with van der Waals surface area (Å²) in [7, 11) is 5.94. The van der Waals surface area contributed by atoms with Crippen LogP contribution in [0.2, 0.25) is 0 Å². The Bertz CT molecular complexity index is 1320. The van der Waals surface area contributed by atoms with Crippen molar-refractivity contribution in [1.29, 1.82) is 0 Å². The van der Waals surface area contributed by atoms with E-state index in [4.69, 9.17) is 18.9 Å². The molecule has 0 aliphatic carbocycles. The lowest BCUT2D eigenvalue weighted by Gasteiger charge is -2.26. The Hall–Kier alpha value is -1.97. The predicted molar refractivity (Wildman–Crippen MR) is 339 cm³/mol. The molecule has 0 spiro atoms. The number of esters is 2. The van der Waals surface area contributed by atoms with E-state index in [2.05, 4.69) is 26.0 Å². The van der Waals surface area contributed by atoms with E-state index in [1.54, 1.807) is 0 Å². The maximum atomic E-state index is 12.9. The first-order valence-electron chi connectivity index (χ1n) is 35.3. The highest BCUT2D eigenvalue weighted by atomic mass is 16.7. The fourth-order valence-corrected chi connectivity index (χ4v) is 10.8. The molecular formula is C71H137NO8. The third-order valence-corrected chi connectivity index (χ3v) is 16.3. The molecule has 0 saturated carbocycles. The fraction of sp³-hybridized carbons (Fsp3) is 0.930. The first kappa shape index (κ1) is 78.0. The molecule has 9 heteroatoms. The van der Waals surface area contributed by atoms with Crippen LogP contribution in [0.5, 0.6) is 0 Å². The summed E-state index contributed by atoms with van der Waals surface area (Å²) in [6.45, 7) is 4.81. The summed E-state index contributed by atoms with van der Waals surface area (Å²) in [5, 5.41) is 11.8. The fourth-order valence-electron chi connectivity index (χ4n) is 10.8. The van der Waals surface area contributed by atoms with E-state index in [1.807, 2.05) is 21.1 Å². The summed E-state index contributed by atoms with van der Waals surface area (Å²) in [6.07, 6.45) is 73.2. The van der Waals surface area contributed by atoms with Crippen LogP contribution >= 0.6 is 0 Å².